The summed E-state index contributed by atoms with van der Waals surface area (Å²) in [6, 6.07) is 10.4. The average Bonchev–Trinajstić information content (AvgIpc) is 2.36. The van der Waals surface area contributed by atoms with Crippen molar-refractivity contribution < 1.29 is 9.13 Å². The molecule has 0 spiro atoms. The molecule has 0 saturated heterocycles. The number of methoxy groups -OCH3 is 1. The van der Waals surface area contributed by atoms with Crippen molar-refractivity contribution in [2.45, 2.75) is 12.3 Å². The minimum atomic E-state index is -0.457. The van der Waals surface area contributed by atoms with Crippen LogP contribution in [0.15, 0.2) is 40.9 Å². The van der Waals surface area contributed by atoms with Crippen LogP contribution in [0.3, 0.4) is 0 Å². The van der Waals surface area contributed by atoms with Crippen molar-refractivity contribution in [3.05, 3.63) is 63.4 Å². The fourth-order valence-electron chi connectivity index (χ4n) is 1.95. The van der Waals surface area contributed by atoms with Gasteiger partial charge in [-0.2, -0.15) is 0 Å². The zero-order valence-electron chi connectivity index (χ0n) is 10.6. The lowest BCUT2D eigenvalue weighted by Gasteiger charge is -2.15. The Morgan fingerprint density at radius 1 is 1.21 bits per heavy atom. The highest BCUT2D eigenvalue weighted by Gasteiger charge is 2.17. The number of benzene rings is 2. The van der Waals surface area contributed by atoms with Crippen LogP contribution in [-0.2, 0) is 0 Å². The topological polar surface area (TPSA) is 9.23 Å². The summed E-state index contributed by atoms with van der Waals surface area (Å²) >= 11 is 9.74. The smallest absolute Gasteiger partial charge is 0.124 e. The van der Waals surface area contributed by atoms with Crippen molar-refractivity contribution in [2.24, 2.45) is 0 Å². The van der Waals surface area contributed by atoms with Gasteiger partial charge in [0.2, 0.25) is 0 Å². The molecular weight excluding hydrogens is 331 g/mol. The van der Waals surface area contributed by atoms with Crippen LogP contribution in [0.2, 0.25) is 0 Å². The van der Waals surface area contributed by atoms with E-state index in [0.29, 0.717) is 15.8 Å². The van der Waals surface area contributed by atoms with Crippen molar-refractivity contribution in [3.8, 4) is 5.75 Å². The molecule has 0 radical (unpaired) electrons. The molecule has 2 aromatic carbocycles. The van der Waals surface area contributed by atoms with E-state index in [0.717, 1.165) is 11.1 Å². The predicted molar refractivity (Wildman–Crippen MR) is 79.5 cm³/mol. The number of hydrogen-bond donors (Lipinski definition) is 0. The number of rotatable bonds is 3. The van der Waals surface area contributed by atoms with Gasteiger partial charge in [0.15, 0.2) is 0 Å². The quantitative estimate of drug-likeness (QED) is 0.693. The minimum absolute atomic E-state index is 0.318. The average molecular weight is 344 g/mol. The number of ether oxygens (including phenoxy) is 1. The first-order valence-corrected chi connectivity index (χ1v) is 6.99. The van der Waals surface area contributed by atoms with Gasteiger partial charge in [0.25, 0.3) is 0 Å². The third-order valence-corrected chi connectivity index (χ3v) is 3.78. The summed E-state index contributed by atoms with van der Waals surface area (Å²) in [5.74, 6) is 0.382. The van der Waals surface area contributed by atoms with Gasteiger partial charge in [0.05, 0.1) is 12.5 Å². The Labute approximate surface area is 125 Å². The van der Waals surface area contributed by atoms with Gasteiger partial charge in [0, 0.05) is 10.0 Å². The first kappa shape index (κ1) is 14.4. The Morgan fingerprint density at radius 3 is 2.58 bits per heavy atom. The van der Waals surface area contributed by atoms with E-state index < -0.39 is 5.38 Å². The molecule has 2 aromatic rings. The summed E-state index contributed by atoms with van der Waals surface area (Å²) in [6.45, 7) is 1.98. The van der Waals surface area contributed by atoms with E-state index >= 15 is 0 Å². The molecule has 0 aromatic heterocycles. The van der Waals surface area contributed by atoms with E-state index in [2.05, 4.69) is 15.9 Å². The van der Waals surface area contributed by atoms with E-state index in [1.54, 1.807) is 7.11 Å². The molecular formula is C15H13BrClFO. The highest BCUT2D eigenvalue weighted by atomic mass is 79.9. The van der Waals surface area contributed by atoms with E-state index in [-0.39, 0.29) is 5.82 Å². The second-order valence-corrected chi connectivity index (χ2v) is 5.66. The third-order valence-electron chi connectivity index (χ3n) is 2.84. The highest BCUT2D eigenvalue weighted by Crippen LogP contribution is 2.36. The Bertz CT molecular complexity index is 580. The lowest BCUT2D eigenvalue weighted by atomic mass is 10.0. The fraction of sp³-hybridized carbons (Fsp3) is 0.200. The Hall–Kier alpha value is -1.06. The molecule has 0 aliphatic carbocycles. The molecule has 0 aliphatic rings. The van der Waals surface area contributed by atoms with Gasteiger partial charge in [-0.3, -0.25) is 0 Å². The monoisotopic (exact) mass is 342 g/mol. The number of hydrogen-bond acceptors (Lipinski definition) is 1. The summed E-state index contributed by atoms with van der Waals surface area (Å²) in [5.41, 5.74) is 2.61. The largest absolute Gasteiger partial charge is 0.496 e. The van der Waals surface area contributed by atoms with Crippen molar-refractivity contribution in [2.75, 3.05) is 7.11 Å². The van der Waals surface area contributed by atoms with Gasteiger partial charge in [-0.05, 0) is 36.8 Å². The van der Waals surface area contributed by atoms with Crippen LogP contribution >= 0.6 is 27.5 Å². The van der Waals surface area contributed by atoms with Gasteiger partial charge in [-0.1, -0.05) is 33.6 Å². The van der Waals surface area contributed by atoms with Crippen molar-refractivity contribution in [1.29, 1.82) is 0 Å². The zero-order valence-corrected chi connectivity index (χ0v) is 12.9. The molecule has 100 valence electrons. The predicted octanol–water partition coefficient (Wildman–Crippen LogP) is 5.23. The third kappa shape index (κ3) is 3.28. The molecule has 19 heavy (non-hydrogen) atoms. The molecule has 1 unspecified atom stereocenters. The van der Waals surface area contributed by atoms with Gasteiger partial charge in [0.1, 0.15) is 11.6 Å². The van der Waals surface area contributed by atoms with Crippen LogP contribution in [0, 0.1) is 12.7 Å². The summed E-state index contributed by atoms with van der Waals surface area (Å²) in [6.07, 6.45) is 0. The van der Waals surface area contributed by atoms with Crippen LogP contribution in [0.1, 0.15) is 22.1 Å². The second kappa shape index (κ2) is 5.93. The SMILES string of the molecule is COc1ccc(C)cc1C(Cl)c1cc(F)cc(Br)c1. The lowest BCUT2D eigenvalue weighted by molar-refractivity contribution is 0.410. The molecule has 1 atom stereocenters. The fourth-order valence-corrected chi connectivity index (χ4v) is 2.73. The Kier molecular flexibility index (Phi) is 4.48. The van der Waals surface area contributed by atoms with E-state index in [1.807, 2.05) is 31.2 Å². The van der Waals surface area contributed by atoms with Crippen LogP contribution in [0.25, 0.3) is 0 Å². The van der Waals surface area contributed by atoms with E-state index in [9.17, 15) is 4.39 Å². The maximum atomic E-state index is 13.4. The molecule has 0 fully saturated rings. The van der Waals surface area contributed by atoms with E-state index in [4.69, 9.17) is 16.3 Å². The van der Waals surface area contributed by atoms with Crippen molar-refractivity contribution in [3.63, 3.8) is 0 Å². The van der Waals surface area contributed by atoms with Crippen LogP contribution in [0.5, 0.6) is 5.75 Å². The first-order valence-electron chi connectivity index (χ1n) is 5.76. The van der Waals surface area contributed by atoms with Crippen LogP contribution in [-0.4, -0.2) is 7.11 Å². The maximum Gasteiger partial charge on any atom is 0.124 e. The van der Waals surface area contributed by atoms with Crippen molar-refractivity contribution in [1.82, 2.24) is 0 Å². The number of aryl methyl sites for hydroxylation is 1. The summed E-state index contributed by atoms with van der Waals surface area (Å²) in [4.78, 5) is 0. The van der Waals surface area contributed by atoms with Gasteiger partial charge >= 0.3 is 0 Å². The molecule has 0 aliphatic heterocycles. The standard InChI is InChI=1S/C15H13BrClFO/c1-9-3-4-14(19-2)13(5-9)15(17)10-6-11(16)8-12(18)7-10/h3-8,15H,1-2H3. The molecule has 4 heteroatoms. The summed E-state index contributed by atoms with van der Waals surface area (Å²) in [7, 11) is 1.60. The van der Waals surface area contributed by atoms with Gasteiger partial charge < -0.3 is 4.74 Å². The molecule has 0 saturated carbocycles. The normalized spacial score (nSPS) is 12.3. The molecule has 0 bridgehead atoms. The van der Waals surface area contributed by atoms with Crippen LogP contribution in [0.4, 0.5) is 4.39 Å². The Balaban J connectivity index is 2.48. The molecule has 2 rings (SSSR count). The maximum absolute atomic E-state index is 13.4. The summed E-state index contributed by atoms with van der Waals surface area (Å²) in [5, 5.41) is -0.457. The first-order chi connectivity index (χ1) is 9.01. The van der Waals surface area contributed by atoms with Crippen molar-refractivity contribution >= 4 is 27.5 Å². The molecule has 0 amide bonds. The zero-order chi connectivity index (χ0) is 14.0. The highest BCUT2D eigenvalue weighted by molar-refractivity contribution is 9.10. The molecule has 1 nitrogen and oxygen atoms in total. The lowest BCUT2D eigenvalue weighted by Crippen LogP contribution is -1.99. The minimum Gasteiger partial charge on any atom is -0.496 e. The van der Waals surface area contributed by atoms with E-state index in [1.165, 1.54) is 12.1 Å². The second-order valence-electron chi connectivity index (χ2n) is 4.31. The van der Waals surface area contributed by atoms with Crippen LogP contribution < -0.4 is 4.74 Å². The number of halogens is 3. The molecule has 0 N–H and O–H groups in total. The molecule has 0 heterocycles. The van der Waals surface area contributed by atoms with Gasteiger partial charge in [-0.15, -0.1) is 11.6 Å². The van der Waals surface area contributed by atoms with Gasteiger partial charge in [-0.25, -0.2) is 4.39 Å². The number of alkyl halides is 1. The Morgan fingerprint density at radius 2 is 1.95 bits per heavy atom. The summed E-state index contributed by atoms with van der Waals surface area (Å²) < 4.78 is 19.4.